The Balaban J connectivity index is 0.000000306. The van der Waals surface area contributed by atoms with Gasteiger partial charge in [0.15, 0.2) is 0 Å². The van der Waals surface area contributed by atoms with E-state index in [1.807, 2.05) is 34.9 Å². The van der Waals surface area contributed by atoms with Gasteiger partial charge in [-0.3, -0.25) is 8.98 Å². The third kappa shape index (κ3) is 9.06. The Morgan fingerprint density at radius 3 is 2.18 bits per heavy atom. The first kappa shape index (κ1) is 20.0. The lowest BCUT2D eigenvalue weighted by Crippen LogP contribution is -2.23. The molecule has 1 fully saturated rings. The Morgan fingerprint density at radius 1 is 1.41 bits per heavy atom. The topological polar surface area (TPSA) is 95.6 Å². The average molecular weight is 331 g/mol. The van der Waals surface area contributed by atoms with Crippen molar-refractivity contribution in [3.05, 3.63) is 38.1 Å². The molecule has 2 rings (SSSR count). The van der Waals surface area contributed by atoms with E-state index in [2.05, 4.69) is 17.3 Å². The summed E-state index contributed by atoms with van der Waals surface area (Å²) in [6, 6.07) is 0. The summed E-state index contributed by atoms with van der Waals surface area (Å²) in [5.74, 6) is 0.208. The Bertz CT molecular complexity index is 595. The second kappa shape index (κ2) is 9.87. The Kier molecular flexibility index (Phi) is 8.99. The van der Waals surface area contributed by atoms with Gasteiger partial charge in [-0.15, -0.1) is 0 Å². The number of carbonyl (C=O) groups is 1. The van der Waals surface area contributed by atoms with E-state index in [-0.39, 0.29) is 5.91 Å². The van der Waals surface area contributed by atoms with Gasteiger partial charge in [-0.1, -0.05) is 13.2 Å². The van der Waals surface area contributed by atoms with Crippen LogP contribution in [0.15, 0.2) is 38.1 Å². The molecule has 8 nitrogen and oxygen atoms in total. The van der Waals surface area contributed by atoms with Crippen molar-refractivity contribution in [3.63, 3.8) is 0 Å². The molecule has 1 saturated heterocycles. The number of aromatic nitrogens is 2. The summed E-state index contributed by atoms with van der Waals surface area (Å²) >= 11 is 0. The van der Waals surface area contributed by atoms with E-state index in [4.69, 9.17) is 0 Å². The predicted molar refractivity (Wildman–Crippen MR) is 79.8 cm³/mol. The van der Waals surface area contributed by atoms with E-state index in [0.29, 0.717) is 6.42 Å². The van der Waals surface area contributed by atoms with Gasteiger partial charge < -0.3 is 9.45 Å². The monoisotopic (exact) mass is 331 g/mol. The lowest BCUT2D eigenvalue weighted by atomic mass is 10.4. The molecule has 0 radical (unpaired) electrons. The molecule has 1 aliphatic rings. The van der Waals surface area contributed by atoms with Crippen LogP contribution in [-0.4, -0.2) is 42.0 Å². The summed E-state index contributed by atoms with van der Waals surface area (Å²) in [5.41, 5.74) is 0. The molecule has 0 saturated carbocycles. The van der Waals surface area contributed by atoms with Crippen molar-refractivity contribution < 1.29 is 26.5 Å². The van der Waals surface area contributed by atoms with Crippen LogP contribution in [0.3, 0.4) is 0 Å². The molecule has 1 amide bonds. The number of amides is 1. The summed E-state index contributed by atoms with van der Waals surface area (Å²) in [4.78, 5) is 12.3. The van der Waals surface area contributed by atoms with Crippen LogP contribution >= 0.6 is 0 Å². The summed E-state index contributed by atoms with van der Waals surface area (Å²) in [5, 5.41) is 0. The smallest absolute Gasteiger partial charge is 0.248 e. The van der Waals surface area contributed by atoms with Crippen molar-refractivity contribution >= 4 is 22.5 Å². The lowest BCUT2D eigenvalue weighted by molar-refractivity contribution is -0.670. The van der Waals surface area contributed by atoms with Crippen LogP contribution < -0.4 is 4.57 Å². The van der Waals surface area contributed by atoms with Crippen LogP contribution in [-0.2, 0) is 26.4 Å². The second-order valence-electron chi connectivity index (χ2n) is 4.16. The van der Waals surface area contributed by atoms with E-state index >= 15 is 0 Å². The summed E-state index contributed by atoms with van der Waals surface area (Å²) < 4.78 is 34.9. The Morgan fingerprint density at radius 2 is 2.00 bits per heavy atom. The molecule has 1 aromatic heterocycles. The number of hydrogen-bond donors (Lipinski definition) is 0. The first-order valence-electron chi connectivity index (χ1n) is 6.32. The van der Waals surface area contributed by atoms with Crippen LogP contribution in [0.25, 0.3) is 6.20 Å². The van der Waals surface area contributed by atoms with E-state index in [1.165, 1.54) is 0 Å². The van der Waals surface area contributed by atoms with Crippen molar-refractivity contribution in [3.8, 4) is 0 Å². The molecule has 0 aromatic carbocycles. The molecule has 0 atom stereocenters. The lowest BCUT2D eigenvalue weighted by Gasteiger charge is -2.05. The maximum atomic E-state index is 10.7. The van der Waals surface area contributed by atoms with Gasteiger partial charge in [-0.05, 0) is 12.6 Å². The fourth-order valence-electron chi connectivity index (χ4n) is 1.44. The van der Waals surface area contributed by atoms with Gasteiger partial charge in [-0.2, -0.15) is 0 Å². The van der Waals surface area contributed by atoms with Gasteiger partial charge in [0.1, 0.15) is 12.4 Å². The first-order valence-corrected chi connectivity index (χ1v) is 7.65. The highest BCUT2D eigenvalue weighted by Crippen LogP contribution is 2.08. The molecule has 1 aromatic rings. The van der Waals surface area contributed by atoms with Crippen LogP contribution in [0.1, 0.15) is 12.8 Å². The number of rotatable bonds is 3. The van der Waals surface area contributed by atoms with E-state index in [1.54, 1.807) is 17.3 Å². The Hall–Kier alpha value is -1.97. The Labute approximate surface area is 130 Å². The van der Waals surface area contributed by atoms with Gasteiger partial charge in [0.2, 0.25) is 22.6 Å². The number of imidazole rings is 1. The zero-order valence-electron chi connectivity index (χ0n) is 12.7. The molecular formula is C13H21N3O5S. The SMILES string of the molecule is C=CN1CCCC1=O.C=Cn1cc[n+](C)c1.COS(=O)(=O)[O-]. The molecule has 2 heterocycles. The molecule has 0 unspecified atom stereocenters. The van der Waals surface area contributed by atoms with Gasteiger partial charge >= 0.3 is 0 Å². The van der Waals surface area contributed by atoms with Crippen LogP contribution in [0.4, 0.5) is 0 Å². The van der Waals surface area contributed by atoms with Gasteiger partial charge in [0.05, 0.1) is 20.4 Å². The van der Waals surface area contributed by atoms with Crippen molar-refractivity contribution in [2.45, 2.75) is 12.8 Å². The average Bonchev–Trinajstić information content (AvgIpc) is 3.07. The van der Waals surface area contributed by atoms with Crippen molar-refractivity contribution in [2.75, 3.05) is 13.7 Å². The molecule has 0 aliphatic carbocycles. The van der Waals surface area contributed by atoms with E-state index in [0.717, 1.165) is 20.1 Å². The zero-order chi connectivity index (χ0) is 17.2. The third-order valence-electron chi connectivity index (χ3n) is 2.53. The molecule has 1 aliphatic heterocycles. The minimum absolute atomic E-state index is 0.208. The van der Waals surface area contributed by atoms with Crippen molar-refractivity contribution in [1.82, 2.24) is 9.47 Å². The highest BCUT2D eigenvalue weighted by molar-refractivity contribution is 7.80. The highest BCUT2D eigenvalue weighted by Gasteiger charge is 2.15. The molecule has 0 spiro atoms. The second-order valence-corrected chi connectivity index (χ2v) is 5.31. The van der Waals surface area contributed by atoms with Crippen molar-refractivity contribution in [2.24, 2.45) is 7.05 Å². The number of carbonyl (C=O) groups excluding carboxylic acids is 1. The van der Waals surface area contributed by atoms with Gasteiger partial charge in [-0.25, -0.2) is 17.6 Å². The molecule has 0 bridgehead atoms. The van der Waals surface area contributed by atoms with Crippen LogP contribution in [0, 0.1) is 0 Å². The molecule has 124 valence electrons. The highest BCUT2D eigenvalue weighted by atomic mass is 32.3. The van der Waals surface area contributed by atoms with Crippen molar-refractivity contribution in [1.29, 1.82) is 0 Å². The predicted octanol–water partition coefficient (Wildman–Crippen LogP) is 0.258. The molecule has 22 heavy (non-hydrogen) atoms. The number of nitrogens with zero attached hydrogens (tertiary/aromatic N) is 3. The van der Waals surface area contributed by atoms with Crippen LogP contribution in [0.5, 0.6) is 0 Å². The minimum Gasteiger partial charge on any atom is -0.726 e. The van der Waals surface area contributed by atoms with E-state index in [9.17, 15) is 17.8 Å². The standard InChI is InChI=1S/C6H9N2.C6H9NO.CH4O4S/c1-3-8-5-4-7(2)6-8;1-2-7-5-3-4-6(7)8;1-5-6(2,3)4/h3-6H,1H2,2H3;2H,1,3-5H2;1H3,(H,2,3,4)/q+1;;/p-1. The summed E-state index contributed by atoms with van der Waals surface area (Å²) in [6.45, 7) is 7.96. The summed E-state index contributed by atoms with van der Waals surface area (Å²) in [7, 11) is -1.63. The fraction of sp³-hybridized carbons (Fsp3) is 0.385. The molecule has 0 N–H and O–H groups in total. The number of hydrogen-bond acceptors (Lipinski definition) is 5. The quantitative estimate of drug-likeness (QED) is 0.450. The maximum Gasteiger partial charge on any atom is 0.248 e. The van der Waals surface area contributed by atoms with Gasteiger partial charge in [0.25, 0.3) is 0 Å². The van der Waals surface area contributed by atoms with Crippen LogP contribution in [0.2, 0.25) is 0 Å². The number of likely N-dealkylation sites (tertiary alicyclic amines) is 1. The minimum atomic E-state index is -4.41. The largest absolute Gasteiger partial charge is 0.726 e. The number of aryl methyl sites for hydroxylation is 1. The van der Waals surface area contributed by atoms with E-state index < -0.39 is 10.4 Å². The maximum absolute atomic E-state index is 10.7. The summed E-state index contributed by atoms with van der Waals surface area (Å²) in [6.07, 6.45) is 10.9. The first-order chi connectivity index (χ1) is 10.2. The zero-order valence-corrected chi connectivity index (χ0v) is 13.5. The molecular weight excluding hydrogens is 310 g/mol. The van der Waals surface area contributed by atoms with Gasteiger partial charge in [0, 0.05) is 13.0 Å². The molecule has 9 heteroatoms. The third-order valence-corrected chi connectivity index (χ3v) is 2.94. The fourth-order valence-corrected chi connectivity index (χ4v) is 1.44. The normalized spacial score (nSPS) is 13.6.